The topological polar surface area (TPSA) is 32.8 Å². The van der Waals surface area contributed by atoms with Gasteiger partial charge in [0.2, 0.25) is 5.91 Å². The van der Waals surface area contributed by atoms with Crippen LogP contribution in [-0.4, -0.2) is 61.1 Å². The maximum atomic E-state index is 12.2. The summed E-state index contributed by atoms with van der Waals surface area (Å²) in [6.07, 6.45) is 5.96. The minimum Gasteiger partial charge on any atom is -0.372 e. The van der Waals surface area contributed by atoms with E-state index in [2.05, 4.69) is 32.6 Å². The van der Waals surface area contributed by atoms with Crippen molar-refractivity contribution in [3.63, 3.8) is 0 Å². The van der Waals surface area contributed by atoms with E-state index in [-0.39, 0.29) is 12.5 Å². The number of amides is 1. The van der Waals surface area contributed by atoms with Crippen LogP contribution in [0.3, 0.4) is 0 Å². The van der Waals surface area contributed by atoms with E-state index in [9.17, 15) is 4.79 Å². The van der Waals surface area contributed by atoms with Gasteiger partial charge in [-0.1, -0.05) is 13.8 Å². The summed E-state index contributed by atoms with van der Waals surface area (Å²) in [6.45, 7) is 14.4. The van der Waals surface area contributed by atoms with Crippen molar-refractivity contribution in [2.75, 3.05) is 39.4 Å². The Kier molecular flexibility index (Phi) is 8.02. The Balaban J connectivity index is 1.54. The molecule has 0 unspecified atom stereocenters. The van der Waals surface area contributed by atoms with Gasteiger partial charge in [0, 0.05) is 25.7 Å². The van der Waals surface area contributed by atoms with Gasteiger partial charge < -0.3 is 14.5 Å². The second-order valence-corrected chi connectivity index (χ2v) is 8.38. The van der Waals surface area contributed by atoms with Crippen molar-refractivity contribution in [1.82, 2.24) is 9.80 Å². The molecule has 0 aliphatic carbocycles. The first-order valence-electron chi connectivity index (χ1n) is 10.1. The summed E-state index contributed by atoms with van der Waals surface area (Å²) in [5.74, 6) is 2.48. The number of ether oxygens (including phenoxy) is 1. The number of carbonyl (C=O) groups excluding carboxylic acids is 1. The number of hydrogen-bond acceptors (Lipinski definition) is 3. The number of piperidine rings is 2. The summed E-state index contributed by atoms with van der Waals surface area (Å²) in [6, 6.07) is 0.666. The third-order valence-electron chi connectivity index (χ3n) is 6.11. The Bertz CT molecular complexity index is 368. The molecule has 1 amide bonds. The minimum atomic E-state index is 0.187. The largest absolute Gasteiger partial charge is 0.372 e. The lowest BCUT2D eigenvalue weighted by Gasteiger charge is -2.35. The highest BCUT2D eigenvalue weighted by molar-refractivity contribution is 5.77. The Labute approximate surface area is 148 Å². The van der Waals surface area contributed by atoms with Gasteiger partial charge in [0.05, 0.1) is 0 Å². The molecule has 0 spiro atoms. The van der Waals surface area contributed by atoms with Crippen molar-refractivity contribution in [3.05, 3.63) is 0 Å². The van der Waals surface area contributed by atoms with E-state index in [0.717, 1.165) is 56.7 Å². The molecule has 2 fully saturated rings. The molecule has 0 saturated carbocycles. The summed E-state index contributed by atoms with van der Waals surface area (Å²) < 4.78 is 5.70. The number of likely N-dealkylation sites (tertiary alicyclic amines) is 2. The fourth-order valence-corrected chi connectivity index (χ4v) is 4.07. The van der Waals surface area contributed by atoms with Gasteiger partial charge in [0.1, 0.15) is 6.61 Å². The zero-order valence-corrected chi connectivity index (χ0v) is 16.3. The van der Waals surface area contributed by atoms with Gasteiger partial charge in [-0.2, -0.15) is 0 Å². The van der Waals surface area contributed by atoms with Gasteiger partial charge in [-0.05, 0) is 76.8 Å². The van der Waals surface area contributed by atoms with E-state index in [1.165, 1.54) is 25.9 Å². The molecule has 2 aliphatic heterocycles. The lowest BCUT2D eigenvalue weighted by molar-refractivity contribution is -0.137. The fourth-order valence-electron chi connectivity index (χ4n) is 4.07. The van der Waals surface area contributed by atoms with Gasteiger partial charge >= 0.3 is 0 Å². The normalized spacial score (nSPS) is 21.8. The maximum Gasteiger partial charge on any atom is 0.248 e. The van der Waals surface area contributed by atoms with Crippen molar-refractivity contribution in [3.8, 4) is 0 Å². The molecule has 0 aromatic rings. The second kappa shape index (κ2) is 9.76. The van der Waals surface area contributed by atoms with Crippen LogP contribution in [0.1, 0.15) is 59.8 Å². The Hall–Kier alpha value is -0.610. The molecule has 2 saturated heterocycles. The summed E-state index contributed by atoms with van der Waals surface area (Å²) in [7, 11) is 0. The first kappa shape index (κ1) is 19.7. The summed E-state index contributed by atoms with van der Waals surface area (Å²) in [4.78, 5) is 16.8. The van der Waals surface area contributed by atoms with Gasteiger partial charge in [0.15, 0.2) is 0 Å². The third-order valence-corrected chi connectivity index (χ3v) is 6.11. The van der Waals surface area contributed by atoms with Crippen molar-refractivity contribution in [2.45, 2.75) is 65.8 Å². The molecule has 2 aliphatic rings. The van der Waals surface area contributed by atoms with Crippen LogP contribution in [0.25, 0.3) is 0 Å². The summed E-state index contributed by atoms with van der Waals surface area (Å²) >= 11 is 0. The van der Waals surface area contributed by atoms with Gasteiger partial charge in [0.25, 0.3) is 0 Å². The second-order valence-electron chi connectivity index (χ2n) is 8.38. The average molecular weight is 339 g/mol. The smallest absolute Gasteiger partial charge is 0.248 e. The predicted molar refractivity (Wildman–Crippen MR) is 99.0 cm³/mol. The Morgan fingerprint density at radius 2 is 1.62 bits per heavy atom. The van der Waals surface area contributed by atoms with Crippen LogP contribution >= 0.6 is 0 Å². The zero-order valence-electron chi connectivity index (χ0n) is 16.3. The molecule has 2 heterocycles. The molecule has 4 heteroatoms. The van der Waals surface area contributed by atoms with Gasteiger partial charge in [-0.3, -0.25) is 4.79 Å². The highest BCUT2D eigenvalue weighted by atomic mass is 16.5. The van der Waals surface area contributed by atoms with E-state index < -0.39 is 0 Å². The quantitative estimate of drug-likeness (QED) is 0.667. The Morgan fingerprint density at radius 1 is 1.00 bits per heavy atom. The summed E-state index contributed by atoms with van der Waals surface area (Å²) in [5.41, 5.74) is 0. The van der Waals surface area contributed by atoms with Crippen molar-refractivity contribution in [1.29, 1.82) is 0 Å². The van der Waals surface area contributed by atoms with Crippen LogP contribution in [0.5, 0.6) is 0 Å². The molecule has 140 valence electrons. The number of nitrogens with zero attached hydrogens (tertiary/aromatic N) is 2. The molecule has 24 heavy (non-hydrogen) atoms. The SMILES string of the molecule is CC(C)C1CCN(C(=O)COCCC2CCN(C(C)C)CC2)CC1. The van der Waals surface area contributed by atoms with Crippen LogP contribution in [0.15, 0.2) is 0 Å². The van der Waals surface area contributed by atoms with E-state index in [1.54, 1.807) is 0 Å². The fraction of sp³-hybridized carbons (Fsp3) is 0.950. The standard InChI is InChI=1S/C20H38N2O2/c1-16(2)19-7-12-22(13-8-19)20(23)15-24-14-9-18-5-10-21(11-6-18)17(3)4/h16-19H,5-15H2,1-4H3. The van der Waals surface area contributed by atoms with E-state index in [1.807, 2.05) is 4.90 Å². The average Bonchev–Trinajstić information content (AvgIpc) is 2.59. The molecular weight excluding hydrogens is 300 g/mol. The van der Waals surface area contributed by atoms with Crippen LogP contribution in [0.2, 0.25) is 0 Å². The lowest BCUT2D eigenvalue weighted by Crippen LogP contribution is -2.41. The highest BCUT2D eigenvalue weighted by Crippen LogP contribution is 2.24. The van der Waals surface area contributed by atoms with Crippen LogP contribution in [0, 0.1) is 17.8 Å². The molecule has 0 aromatic heterocycles. The van der Waals surface area contributed by atoms with Crippen molar-refractivity contribution in [2.24, 2.45) is 17.8 Å². The van der Waals surface area contributed by atoms with Gasteiger partial charge in [-0.15, -0.1) is 0 Å². The molecule has 0 radical (unpaired) electrons. The van der Waals surface area contributed by atoms with E-state index in [0.29, 0.717) is 6.04 Å². The minimum absolute atomic E-state index is 0.187. The molecule has 0 N–H and O–H groups in total. The molecule has 0 bridgehead atoms. The monoisotopic (exact) mass is 338 g/mol. The zero-order chi connectivity index (χ0) is 17.5. The Morgan fingerprint density at radius 3 is 2.17 bits per heavy atom. The number of rotatable bonds is 7. The van der Waals surface area contributed by atoms with Crippen molar-refractivity contribution < 1.29 is 9.53 Å². The van der Waals surface area contributed by atoms with Crippen molar-refractivity contribution >= 4 is 5.91 Å². The highest BCUT2D eigenvalue weighted by Gasteiger charge is 2.25. The third kappa shape index (κ3) is 6.03. The van der Waals surface area contributed by atoms with E-state index in [4.69, 9.17) is 4.74 Å². The summed E-state index contributed by atoms with van der Waals surface area (Å²) in [5, 5.41) is 0. The molecular formula is C20H38N2O2. The number of hydrogen-bond donors (Lipinski definition) is 0. The lowest BCUT2D eigenvalue weighted by atomic mass is 9.87. The first-order valence-corrected chi connectivity index (χ1v) is 10.1. The molecule has 0 atom stereocenters. The van der Waals surface area contributed by atoms with Gasteiger partial charge in [-0.25, -0.2) is 0 Å². The molecule has 4 nitrogen and oxygen atoms in total. The maximum absolute atomic E-state index is 12.2. The van der Waals surface area contributed by atoms with Crippen LogP contribution in [0.4, 0.5) is 0 Å². The predicted octanol–water partition coefficient (Wildman–Crippen LogP) is 3.41. The molecule has 2 rings (SSSR count). The first-order chi connectivity index (χ1) is 11.5. The van der Waals surface area contributed by atoms with Crippen LogP contribution in [-0.2, 0) is 9.53 Å². The van der Waals surface area contributed by atoms with E-state index >= 15 is 0 Å². The van der Waals surface area contributed by atoms with Crippen LogP contribution < -0.4 is 0 Å². The molecule has 0 aromatic carbocycles. The number of carbonyl (C=O) groups is 1.